The molecule has 2 aromatic rings. The van der Waals surface area contributed by atoms with Crippen LogP contribution in [0.1, 0.15) is 30.1 Å². The average Bonchev–Trinajstić information content (AvgIpc) is 2.39. The van der Waals surface area contributed by atoms with Gasteiger partial charge in [0.1, 0.15) is 11.6 Å². The van der Waals surface area contributed by atoms with E-state index in [1.54, 1.807) is 12.1 Å². The third-order valence-corrected chi connectivity index (χ3v) is 2.91. The van der Waals surface area contributed by atoms with Gasteiger partial charge in [-0.3, -0.25) is 0 Å². The van der Waals surface area contributed by atoms with E-state index in [-0.39, 0.29) is 10.9 Å². The van der Waals surface area contributed by atoms with Gasteiger partial charge in [0.05, 0.1) is 12.2 Å². The van der Waals surface area contributed by atoms with Crippen molar-refractivity contribution in [3.63, 3.8) is 0 Å². The molecular weight excluding hydrogens is 247 g/mol. The molecule has 19 heavy (non-hydrogen) atoms. The zero-order chi connectivity index (χ0) is 13.8. The molecule has 2 aromatic carbocycles. The molecule has 1 N–H and O–H groups in total. The van der Waals surface area contributed by atoms with Crippen molar-refractivity contribution in [3.8, 4) is 5.75 Å². The molecule has 0 unspecified atom stereocenters. The largest absolute Gasteiger partial charge is 0.493 e. The summed E-state index contributed by atoms with van der Waals surface area (Å²) in [4.78, 5) is 11.1. The van der Waals surface area contributed by atoms with Gasteiger partial charge in [-0.2, -0.15) is 0 Å². The number of unbranched alkanes of at least 4 members (excludes halogenated alkanes) is 1. The SMILES string of the molecule is CCCCOc1cc(C(=O)O)cc2c(F)cccc12. The van der Waals surface area contributed by atoms with Gasteiger partial charge in [-0.15, -0.1) is 0 Å². The summed E-state index contributed by atoms with van der Waals surface area (Å²) in [6.07, 6.45) is 1.85. The smallest absolute Gasteiger partial charge is 0.335 e. The van der Waals surface area contributed by atoms with Crippen molar-refractivity contribution in [2.45, 2.75) is 19.8 Å². The lowest BCUT2D eigenvalue weighted by molar-refractivity contribution is 0.0696. The Kier molecular flexibility index (Phi) is 4.00. The van der Waals surface area contributed by atoms with Crippen LogP contribution >= 0.6 is 0 Å². The zero-order valence-corrected chi connectivity index (χ0v) is 10.6. The van der Waals surface area contributed by atoms with Crippen molar-refractivity contribution in [1.29, 1.82) is 0 Å². The van der Waals surface area contributed by atoms with E-state index in [4.69, 9.17) is 9.84 Å². The van der Waals surface area contributed by atoms with E-state index >= 15 is 0 Å². The van der Waals surface area contributed by atoms with Crippen LogP contribution in [0.4, 0.5) is 4.39 Å². The van der Waals surface area contributed by atoms with Crippen molar-refractivity contribution in [2.75, 3.05) is 6.61 Å². The Morgan fingerprint density at radius 3 is 2.79 bits per heavy atom. The van der Waals surface area contributed by atoms with Crippen LogP contribution in [0.5, 0.6) is 5.75 Å². The maximum Gasteiger partial charge on any atom is 0.335 e. The van der Waals surface area contributed by atoms with Gasteiger partial charge in [-0.25, -0.2) is 9.18 Å². The number of rotatable bonds is 5. The molecule has 2 rings (SSSR count). The highest BCUT2D eigenvalue weighted by Gasteiger charge is 2.12. The maximum atomic E-state index is 13.7. The van der Waals surface area contributed by atoms with Crippen LogP contribution in [0.2, 0.25) is 0 Å². The number of aromatic carboxylic acids is 1. The fourth-order valence-electron chi connectivity index (χ4n) is 1.88. The summed E-state index contributed by atoms with van der Waals surface area (Å²) in [6, 6.07) is 7.40. The number of hydrogen-bond acceptors (Lipinski definition) is 2. The number of carbonyl (C=O) groups is 1. The van der Waals surface area contributed by atoms with Gasteiger partial charge in [0.25, 0.3) is 0 Å². The first-order chi connectivity index (χ1) is 9.13. The van der Waals surface area contributed by atoms with Gasteiger partial charge in [0, 0.05) is 10.8 Å². The van der Waals surface area contributed by atoms with Crippen LogP contribution in [0.3, 0.4) is 0 Å². The Bertz CT molecular complexity index is 608. The molecule has 3 nitrogen and oxygen atoms in total. The Labute approximate surface area is 110 Å². The number of carboxylic acids is 1. The molecule has 0 fully saturated rings. The minimum atomic E-state index is -1.09. The van der Waals surface area contributed by atoms with Crippen molar-refractivity contribution in [1.82, 2.24) is 0 Å². The van der Waals surface area contributed by atoms with Gasteiger partial charge in [0.2, 0.25) is 0 Å². The summed E-state index contributed by atoms with van der Waals surface area (Å²) in [7, 11) is 0. The van der Waals surface area contributed by atoms with E-state index in [9.17, 15) is 9.18 Å². The second-order valence-electron chi connectivity index (χ2n) is 4.32. The zero-order valence-electron chi connectivity index (χ0n) is 10.6. The lowest BCUT2D eigenvalue weighted by Gasteiger charge is -2.10. The topological polar surface area (TPSA) is 46.5 Å². The summed E-state index contributed by atoms with van der Waals surface area (Å²) >= 11 is 0. The number of fused-ring (bicyclic) bond motifs is 1. The molecule has 0 spiro atoms. The molecule has 0 aliphatic carbocycles. The molecule has 0 heterocycles. The molecule has 0 aliphatic heterocycles. The summed E-state index contributed by atoms with van der Waals surface area (Å²) in [6.45, 7) is 2.53. The summed E-state index contributed by atoms with van der Waals surface area (Å²) in [5.74, 6) is -1.12. The van der Waals surface area contributed by atoms with Gasteiger partial charge in [0.15, 0.2) is 0 Å². The summed E-state index contributed by atoms with van der Waals surface area (Å²) in [5.41, 5.74) is 0.0316. The number of hydrogen-bond donors (Lipinski definition) is 1. The van der Waals surface area contributed by atoms with Crippen molar-refractivity contribution in [2.24, 2.45) is 0 Å². The van der Waals surface area contributed by atoms with Crippen molar-refractivity contribution in [3.05, 3.63) is 41.7 Å². The first-order valence-electron chi connectivity index (χ1n) is 6.22. The summed E-state index contributed by atoms with van der Waals surface area (Å²) < 4.78 is 19.3. The number of ether oxygens (including phenoxy) is 1. The molecule has 0 saturated heterocycles. The minimum absolute atomic E-state index is 0.0316. The first kappa shape index (κ1) is 13.3. The molecular formula is C15H15FO3. The second kappa shape index (κ2) is 5.69. The van der Waals surface area contributed by atoms with Gasteiger partial charge in [-0.1, -0.05) is 25.5 Å². The second-order valence-corrected chi connectivity index (χ2v) is 4.32. The third kappa shape index (κ3) is 2.84. The van der Waals surface area contributed by atoms with Crippen LogP contribution in [-0.4, -0.2) is 17.7 Å². The maximum absolute atomic E-state index is 13.7. The van der Waals surface area contributed by atoms with E-state index in [2.05, 4.69) is 0 Å². The Morgan fingerprint density at radius 1 is 1.32 bits per heavy atom. The number of halogens is 1. The van der Waals surface area contributed by atoms with Crippen molar-refractivity contribution >= 4 is 16.7 Å². The molecule has 100 valence electrons. The predicted octanol–water partition coefficient (Wildman–Crippen LogP) is 3.86. The molecule has 0 atom stereocenters. The normalized spacial score (nSPS) is 10.6. The van der Waals surface area contributed by atoms with E-state index in [1.165, 1.54) is 18.2 Å². The Morgan fingerprint density at radius 2 is 2.11 bits per heavy atom. The Hall–Kier alpha value is -2.10. The molecule has 0 saturated carbocycles. The van der Waals surface area contributed by atoms with Crippen molar-refractivity contribution < 1.29 is 19.0 Å². The van der Waals surface area contributed by atoms with Gasteiger partial charge < -0.3 is 9.84 Å². The van der Waals surface area contributed by atoms with E-state index in [0.29, 0.717) is 17.7 Å². The fourth-order valence-corrected chi connectivity index (χ4v) is 1.88. The Balaban J connectivity index is 2.52. The average molecular weight is 262 g/mol. The van der Waals surface area contributed by atoms with E-state index in [1.807, 2.05) is 6.92 Å². The molecule has 4 heteroatoms. The quantitative estimate of drug-likeness (QED) is 0.832. The number of benzene rings is 2. The number of carboxylic acid groups (broad SMARTS) is 1. The minimum Gasteiger partial charge on any atom is -0.493 e. The highest BCUT2D eigenvalue weighted by molar-refractivity contribution is 5.97. The summed E-state index contributed by atoms with van der Waals surface area (Å²) in [5, 5.41) is 9.92. The fraction of sp³-hybridized carbons (Fsp3) is 0.267. The molecule has 0 bridgehead atoms. The third-order valence-electron chi connectivity index (χ3n) is 2.91. The van der Waals surface area contributed by atoms with E-state index < -0.39 is 11.8 Å². The highest BCUT2D eigenvalue weighted by atomic mass is 19.1. The molecule has 0 radical (unpaired) electrons. The van der Waals surface area contributed by atoms with Crippen LogP contribution in [0.25, 0.3) is 10.8 Å². The van der Waals surface area contributed by atoms with Gasteiger partial charge >= 0.3 is 5.97 Å². The lowest BCUT2D eigenvalue weighted by atomic mass is 10.1. The molecule has 0 aromatic heterocycles. The molecule has 0 aliphatic rings. The highest BCUT2D eigenvalue weighted by Crippen LogP contribution is 2.29. The van der Waals surface area contributed by atoms with Crippen LogP contribution in [0, 0.1) is 5.82 Å². The monoisotopic (exact) mass is 262 g/mol. The molecule has 0 amide bonds. The predicted molar refractivity (Wildman–Crippen MR) is 71.3 cm³/mol. The van der Waals surface area contributed by atoms with Crippen LogP contribution in [0.15, 0.2) is 30.3 Å². The standard InChI is InChI=1S/C15H15FO3/c1-2-3-7-19-14-9-10(15(17)18)8-12-11(14)5-4-6-13(12)16/h4-6,8-9H,2-3,7H2,1H3,(H,17,18). The van der Waals surface area contributed by atoms with E-state index in [0.717, 1.165) is 12.8 Å². The van der Waals surface area contributed by atoms with Crippen LogP contribution in [-0.2, 0) is 0 Å². The first-order valence-corrected chi connectivity index (χ1v) is 6.22. The van der Waals surface area contributed by atoms with Gasteiger partial charge in [-0.05, 0) is 24.6 Å². The van der Waals surface area contributed by atoms with Crippen LogP contribution < -0.4 is 4.74 Å². The lowest BCUT2D eigenvalue weighted by Crippen LogP contribution is -2.01.